The van der Waals surface area contributed by atoms with E-state index >= 15 is 0 Å². The van der Waals surface area contributed by atoms with Gasteiger partial charge < -0.3 is 10.5 Å². The van der Waals surface area contributed by atoms with Crippen LogP contribution in [0.4, 0.5) is 14.5 Å². The number of hydrogen-bond donors (Lipinski definition) is 1. The predicted molar refractivity (Wildman–Crippen MR) is 62.0 cm³/mol. The second-order valence-corrected chi connectivity index (χ2v) is 3.81. The standard InChI is InChI=1S/C10H11BrF2N2O2/c1-17-7(16)2-5-4-15-9(10(12)13)8(14)6(5)3-11/h4,10H,2-3,14H2,1H3. The number of halogens is 3. The average Bonchev–Trinajstić information content (AvgIpc) is 2.28. The molecular formula is C10H11BrF2N2O2. The number of esters is 1. The summed E-state index contributed by atoms with van der Waals surface area (Å²) in [5, 5.41) is 0.271. The van der Waals surface area contributed by atoms with Gasteiger partial charge in [0.05, 0.1) is 19.2 Å². The lowest BCUT2D eigenvalue weighted by atomic mass is 10.1. The van der Waals surface area contributed by atoms with Gasteiger partial charge in [0.25, 0.3) is 6.43 Å². The van der Waals surface area contributed by atoms with E-state index in [2.05, 4.69) is 25.7 Å². The lowest BCUT2D eigenvalue weighted by Crippen LogP contribution is -2.11. The van der Waals surface area contributed by atoms with Gasteiger partial charge in [-0.05, 0) is 11.1 Å². The number of nitrogens with zero attached hydrogens (tertiary/aromatic N) is 1. The Kier molecular flexibility index (Phi) is 4.80. The highest BCUT2D eigenvalue weighted by molar-refractivity contribution is 9.08. The first-order chi connectivity index (χ1) is 8.01. The molecule has 0 bridgehead atoms. The molecular weight excluding hydrogens is 298 g/mol. The van der Waals surface area contributed by atoms with Crippen molar-refractivity contribution >= 4 is 27.6 Å². The molecule has 0 spiro atoms. The highest BCUT2D eigenvalue weighted by Crippen LogP contribution is 2.29. The maximum absolute atomic E-state index is 12.6. The number of methoxy groups -OCH3 is 1. The molecule has 1 aromatic rings. The van der Waals surface area contributed by atoms with Crippen molar-refractivity contribution in [2.45, 2.75) is 18.2 Å². The van der Waals surface area contributed by atoms with Crippen LogP contribution in [0.5, 0.6) is 0 Å². The van der Waals surface area contributed by atoms with Gasteiger partial charge in [0.1, 0.15) is 5.69 Å². The van der Waals surface area contributed by atoms with Crippen LogP contribution in [0, 0.1) is 0 Å². The number of carbonyl (C=O) groups is 1. The molecule has 0 unspecified atom stereocenters. The second-order valence-electron chi connectivity index (χ2n) is 3.25. The van der Waals surface area contributed by atoms with Gasteiger partial charge in [-0.2, -0.15) is 0 Å². The molecule has 0 aliphatic carbocycles. The molecule has 0 amide bonds. The number of pyridine rings is 1. The summed E-state index contributed by atoms with van der Waals surface area (Å²) in [6.07, 6.45) is -1.55. The van der Waals surface area contributed by atoms with E-state index in [-0.39, 0.29) is 17.4 Å². The van der Waals surface area contributed by atoms with Crippen molar-refractivity contribution in [2.24, 2.45) is 0 Å². The van der Waals surface area contributed by atoms with E-state index in [9.17, 15) is 13.6 Å². The molecule has 4 nitrogen and oxygen atoms in total. The van der Waals surface area contributed by atoms with Crippen LogP contribution in [0.25, 0.3) is 0 Å². The Morgan fingerprint density at radius 3 is 2.76 bits per heavy atom. The lowest BCUT2D eigenvalue weighted by molar-refractivity contribution is -0.139. The van der Waals surface area contributed by atoms with E-state index in [0.29, 0.717) is 11.1 Å². The van der Waals surface area contributed by atoms with Crippen molar-refractivity contribution < 1.29 is 18.3 Å². The number of anilines is 1. The molecule has 7 heteroatoms. The van der Waals surface area contributed by atoms with Crippen LogP contribution in [0.15, 0.2) is 6.20 Å². The van der Waals surface area contributed by atoms with Gasteiger partial charge in [0, 0.05) is 11.5 Å². The molecule has 0 aliphatic heterocycles. The van der Waals surface area contributed by atoms with E-state index in [1.807, 2.05) is 0 Å². The monoisotopic (exact) mass is 308 g/mol. The fourth-order valence-corrected chi connectivity index (χ4v) is 2.00. The maximum atomic E-state index is 12.6. The van der Waals surface area contributed by atoms with Gasteiger partial charge in [0.2, 0.25) is 0 Å². The summed E-state index contributed by atoms with van der Waals surface area (Å²) in [5.74, 6) is -0.474. The molecule has 1 aromatic heterocycles. The van der Waals surface area contributed by atoms with Crippen molar-refractivity contribution in [3.8, 4) is 0 Å². The number of alkyl halides is 3. The third-order valence-electron chi connectivity index (χ3n) is 2.25. The number of aromatic nitrogens is 1. The smallest absolute Gasteiger partial charge is 0.310 e. The quantitative estimate of drug-likeness (QED) is 0.684. The Bertz CT molecular complexity index is 427. The number of carbonyl (C=O) groups excluding carboxylic acids is 1. The first-order valence-corrected chi connectivity index (χ1v) is 5.80. The topological polar surface area (TPSA) is 65.2 Å². The molecule has 17 heavy (non-hydrogen) atoms. The van der Waals surface area contributed by atoms with E-state index in [1.54, 1.807) is 0 Å². The van der Waals surface area contributed by atoms with Crippen LogP contribution < -0.4 is 5.73 Å². The number of hydrogen-bond acceptors (Lipinski definition) is 4. The van der Waals surface area contributed by atoms with Crippen molar-refractivity contribution in [1.29, 1.82) is 0 Å². The van der Waals surface area contributed by atoms with Gasteiger partial charge in [-0.25, -0.2) is 8.78 Å². The number of nitrogen functional groups attached to an aromatic ring is 1. The van der Waals surface area contributed by atoms with E-state index in [1.165, 1.54) is 13.3 Å². The zero-order valence-electron chi connectivity index (χ0n) is 9.04. The first-order valence-electron chi connectivity index (χ1n) is 4.68. The summed E-state index contributed by atoms with van der Waals surface area (Å²) in [6.45, 7) is 0. The predicted octanol–water partition coefficient (Wildman–Crippen LogP) is 2.21. The van der Waals surface area contributed by atoms with Crippen molar-refractivity contribution in [1.82, 2.24) is 4.98 Å². The molecule has 94 valence electrons. The highest BCUT2D eigenvalue weighted by Gasteiger charge is 2.19. The Labute approximate surface area is 105 Å². The number of rotatable bonds is 4. The molecule has 0 radical (unpaired) electrons. The van der Waals surface area contributed by atoms with E-state index < -0.39 is 18.1 Å². The average molecular weight is 309 g/mol. The fraction of sp³-hybridized carbons (Fsp3) is 0.400. The molecule has 2 N–H and O–H groups in total. The van der Waals surface area contributed by atoms with Crippen LogP contribution in [0.3, 0.4) is 0 Å². The molecule has 0 atom stereocenters. The van der Waals surface area contributed by atoms with Crippen LogP contribution in [-0.4, -0.2) is 18.1 Å². The van der Waals surface area contributed by atoms with Gasteiger partial charge in [-0.1, -0.05) is 15.9 Å². The van der Waals surface area contributed by atoms with Crippen LogP contribution in [-0.2, 0) is 21.3 Å². The number of ether oxygens (including phenoxy) is 1. The van der Waals surface area contributed by atoms with Gasteiger partial charge in [-0.15, -0.1) is 0 Å². The fourth-order valence-electron chi connectivity index (χ4n) is 1.33. The lowest BCUT2D eigenvalue weighted by Gasteiger charge is -2.12. The minimum atomic E-state index is -2.74. The highest BCUT2D eigenvalue weighted by atomic mass is 79.9. The van der Waals surface area contributed by atoms with Crippen LogP contribution in [0.2, 0.25) is 0 Å². The van der Waals surface area contributed by atoms with Crippen LogP contribution in [0.1, 0.15) is 23.2 Å². The molecule has 0 saturated heterocycles. The Morgan fingerprint density at radius 2 is 2.29 bits per heavy atom. The van der Waals surface area contributed by atoms with Crippen molar-refractivity contribution in [3.05, 3.63) is 23.0 Å². The minimum absolute atomic E-state index is 0.0435. The number of nitrogens with two attached hydrogens (primary N) is 1. The third kappa shape index (κ3) is 3.12. The summed E-state index contributed by atoms with van der Waals surface area (Å²) in [4.78, 5) is 14.7. The molecule has 0 aliphatic rings. The summed E-state index contributed by atoms with van der Waals surface area (Å²) in [6, 6.07) is 0. The molecule has 0 saturated carbocycles. The Hall–Kier alpha value is -1.24. The minimum Gasteiger partial charge on any atom is -0.469 e. The summed E-state index contributed by atoms with van der Waals surface area (Å²) >= 11 is 3.15. The summed E-state index contributed by atoms with van der Waals surface area (Å²) in [5.41, 5.74) is 5.97. The maximum Gasteiger partial charge on any atom is 0.310 e. The van der Waals surface area contributed by atoms with Crippen LogP contribution >= 0.6 is 15.9 Å². The normalized spacial score (nSPS) is 10.6. The van der Waals surface area contributed by atoms with Gasteiger partial charge in [0.15, 0.2) is 0 Å². The van der Waals surface area contributed by atoms with Crippen molar-refractivity contribution in [3.63, 3.8) is 0 Å². The largest absolute Gasteiger partial charge is 0.469 e. The van der Waals surface area contributed by atoms with Crippen molar-refractivity contribution in [2.75, 3.05) is 12.8 Å². The van der Waals surface area contributed by atoms with E-state index in [0.717, 1.165) is 0 Å². The van der Waals surface area contributed by atoms with E-state index in [4.69, 9.17) is 5.73 Å². The summed E-state index contributed by atoms with van der Waals surface area (Å²) < 4.78 is 29.6. The zero-order valence-corrected chi connectivity index (χ0v) is 10.6. The van der Waals surface area contributed by atoms with Gasteiger partial charge in [-0.3, -0.25) is 9.78 Å². The molecule has 0 fully saturated rings. The van der Waals surface area contributed by atoms with Gasteiger partial charge >= 0.3 is 5.97 Å². The zero-order chi connectivity index (χ0) is 13.0. The first kappa shape index (κ1) is 13.8. The molecule has 1 rings (SSSR count). The summed E-state index contributed by atoms with van der Waals surface area (Å²) in [7, 11) is 1.25. The Morgan fingerprint density at radius 1 is 1.65 bits per heavy atom. The Balaban J connectivity index is 3.16. The molecule has 1 heterocycles. The third-order valence-corrected chi connectivity index (χ3v) is 2.81. The molecule has 0 aromatic carbocycles. The SMILES string of the molecule is COC(=O)Cc1cnc(C(F)F)c(N)c1CBr. The second kappa shape index (κ2) is 5.90.